The van der Waals surface area contributed by atoms with Crippen LogP contribution in [-0.4, -0.2) is 91.6 Å². The van der Waals surface area contributed by atoms with Gasteiger partial charge in [-0.15, -0.1) is 0 Å². The van der Waals surface area contributed by atoms with Crippen LogP contribution in [0.2, 0.25) is 5.02 Å². The van der Waals surface area contributed by atoms with Crippen LogP contribution in [0.25, 0.3) is 10.8 Å². The van der Waals surface area contributed by atoms with Crippen LogP contribution in [-0.2, 0) is 29.2 Å². The fourth-order valence-electron chi connectivity index (χ4n) is 5.76. The van der Waals surface area contributed by atoms with E-state index in [0.717, 1.165) is 11.8 Å². The minimum Gasteiger partial charge on any atom is -0.361 e. The molecule has 0 radical (unpaired) electrons. The maximum absolute atomic E-state index is 13.2. The summed E-state index contributed by atoms with van der Waals surface area (Å²) in [6, 6.07) is 8.52. The molecule has 2 aromatic rings. The Morgan fingerprint density at radius 3 is 2.51 bits per heavy atom. The molecule has 4 heterocycles. The molecule has 13 heteroatoms. The Labute approximate surface area is 231 Å². The predicted molar refractivity (Wildman–Crippen MR) is 143 cm³/mol. The second-order valence-electron chi connectivity index (χ2n) is 10.4. The molecular weight excluding hydrogens is 546 g/mol. The van der Waals surface area contributed by atoms with Gasteiger partial charge in [-0.2, -0.15) is 4.72 Å². The molecule has 208 valence electrons. The van der Waals surface area contributed by atoms with Crippen molar-refractivity contribution in [1.29, 1.82) is 0 Å². The fraction of sp³-hybridized carbons (Fsp3) is 0.462. The summed E-state index contributed by atoms with van der Waals surface area (Å²) in [5.74, 6) is -2.46. The van der Waals surface area contributed by atoms with Gasteiger partial charge in [-0.3, -0.25) is 19.2 Å². The zero-order valence-electron chi connectivity index (χ0n) is 21.2. The van der Waals surface area contributed by atoms with E-state index in [0.29, 0.717) is 49.3 Å². The standard InChI is InChI=1S/C26H30ClN5O6S/c27-19-6-4-18-11-21(8-5-17(18)10-19)39(37,38)29-22-2-1-9-30(25(22)35)15-23(33)31-12-16-3-7-20(14-31)32(13-16)26(36)24(28)34/h4-6,8,10-11,16,20,22,29H,1-3,7,9,12-15H2,(H2,28,34)/t16?,20?,22-/m0/s1. The summed E-state index contributed by atoms with van der Waals surface area (Å²) in [6.45, 7) is 1.21. The van der Waals surface area contributed by atoms with Gasteiger partial charge in [0.25, 0.3) is 0 Å². The second kappa shape index (κ2) is 10.7. The first-order chi connectivity index (χ1) is 18.5. The fourth-order valence-corrected chi connectivity index (χ4v) is 7.20. The van der Waals surface area contributed by atoms with Gasteiger partial charge >= 0.3 is 11.8 Å². The number of amides is 4. The highest BCUT2D eigenvalue weighted by molar-refractivity contribution is 7.89. The molecule has 3 N–H and O–H groups in total. The molecule has 2 unspecified atom stereocenters. The molecule has 0 aliphatic carbocycles. The van der Waals surface area contributed by atoms with Crippen molar-refractivity contribution in [2.45, 2.75) is 42.7 Å². The van der Waals surface area contributed by atoms with E-state index in [4.69, 9.17) is 17.3 Å². The second-order valence-corrected chi connectivity index (χ2v) is 12.6. The summed E-state index contributed by atoms with van der Waals surface area (Å²) in [6.07, 6.45) is 2.35. The average Bonchev–Trinajstić information content (AvgIpc) is 3.22. The van der Waals surface area contributed by atoms with Gasteiger partial charge in [-0.25, -0.2) is 8.42 Å². The van der Waals surface area contributed by atoms with Crippen LogP contribution in [0, 0.1) is 5.92 Å². The number of piperidine rings is 2. The summed E-state index contributed by atoms with van der Waals surface area (Å²) in [4.78, 5) is 54.7. The predicted octanol–water partition coefficient (Wildman–Crippen LogP) is 0.697. The number of hydrogen-bond donors (Lipinski definition) is 2. The molecule has 4 fully saturated rings. The number of fused-ring (bicyclic) bond motifs is 5. The van der Waals surface area contributed by atoms with E-state index in [2.05, 4.69) is 4.72 Å². The van der Waals surface area contributed by atoms with Gasteiger partial charge < -0.3 is 20.4 Å². The van der Waals surface area contributed by atoms with Crippen molar-refractivity contribution >= 4 is 56.0 Å². The third-order valence-electron chi connectivity index (χ3n) is 7.78. The molecule has 3 atom stereocenters. The molecule has 2 aromatic carbocycles. The van der Waals surface area contributed by atoms with E-state index in [1.54, 1.807) is 29.2 Å². The molecule has 39 heavy (non-hydrogen) atoms. The molecule has 6 rings (SSSR count). The number of hydrogen-bond acceptors (Lipinski definition) is 6. The number of halogens is 1. The lowest BCUT2D eigenvalue weighted by molar-refractivity contribution is -0.147. The highest BCUT2D eigenvalue weighted by atomic mass is 35.5. The highest BCUT2D eigenvalue weighted by Gasteiger charge is 2.41. The van der Waals surface area contributed by atoms with Crippen molar-refractivity contribution in [1.82, 2.24) is 19.4 Å². The van der Waals surface area contributed by atoms with E-state index in [1.165, 1.54) is 21.9 Å². The number of carbonyl (C=O) groups excluding carboxylic acids is 4. The molecule has 0 spiro atoms. The number of nitrogens with two attached hydrogens (primary N) is 1. The van der Waals surface area contributed by atoms with Crippen molar-refractivity contribution < 1.29 is 27.6 Å². The lowest BCUT2D eigenvalue weighted by Gasteiger charge is -2.35. The van der Waals surface area contributed by atoms with Gasteiger partial charge in [0.1, 0.15) is 6.04 Å². The van der Waals surface area contributed by atoms with Crippen molar-refractivity contribution in [3.05, 3.63) is 41.4 Å². The Morgan fingerprint density at radius 1 is 1.00 bits per heavy atom. The maximum Gasteiger partial charge on any atom is 0.311 e. The summed E-state index contributed by atoms with van der Waals surface area (Å²) in [5.41, 5.74) is 5.20. The Morgan fingerprint density at radius 2 is 1.74 bits per heavy atom. The number of nitrogens with one attached hydrogen (secondary N) is 1. The van der Waals surface area contributed by atoms with Gasteiger partial charge in [0, 0.05) is 37.2 Å². The Hall–Kier alpha value is -3.22. The number of primary amides is 1. The average molecular weight is 576 g/mol. The monoisotopic (exact) mass is 575 g/mol. The lowest BCUT2D eigenvalue weighted by Crippen LogP contribution is -2.55. The number of likely N-dealkylation sites (tertiary alicyclic amines) is 1. The van der Waals surface area contributed by atoms with Crippen LogP contribution in [0.15, 0.2) is 41.3 Å². The molecule has 11 nitrogen and oxygen atoms in total. The first-order valence-corrected chi connectivity index (χ1v) is 14.8. The van der Waals surface area contributed by atoms with Crippen LogP contribution in [0.3, 0.4) is 0 Å². The van der Waals surface area contributed by atoms with Gasteiger partial charge in [0.2, 0.25) is 21.8 Å². The third kappa shape index (κ3) is 5.73. The molecule has 4 aliphatic heterocycles. The first kappa shape index (κ1) is 27.4. The number of benzene rings is 2. The summed E-state index contributed by atoms with van der Waals surface area (Å²) in [5, 5.41) is 2.04. The minimum atomic E-state index is -4.00. The van der Waals surface area contributed by atoms with Gasteiger partial charge in [-0.05, 0) is 66.6 Å². The van der Waals surface area contributed by atoms with E-state index in [1.807, 2.05) is 0 Å². The van der Waals surface area contributed by atoms with E-state index < -0.39 is 33.8 Å². The van der Waals surface area contributed by atoms with E-state index in [9.17, 15) is 27.6 Å². The van der Waals surface area contributed by atoms with Crippen LogP contribution in [0.1, 0.15) is 25.7 Å². The van der Waals surface area contributed by atoms with E-state index >= 15 is 0 Å². The van der Waals surface area contributed by atoms with Crippen LogP contribution >= 0.6 is 11.6 Å². The molecule has 4 saturated heterocycles. The molecule has 4 amide bonds. The smallest absolute Gasteiger partial charge is 0.311 e. The first-order valence-electron chi connectivity index (χ1n) is 12.9. The maximum atomic E-state index is 13.2. The number of nitrogens with zero attached hydrogens (tertiary/aromatic N) is 3. The molecular formula is C26H30ClN5O6S. The quantitative estimate of drug-likeness (QED) is 0.501. The molecule has 0 saturated carbocycles. The SMILES string of the molecule is NC(=O)C(=O)N1CC2CCC1CN(C(=O)CN1CCC[C@H](NS(=O)(=O)c3ccc4cc(Cl)ccc4c3)C1=O)C2. The number of carbonyl (C=O) groups is 4. The Bertz CT molecular complexity index is 1450. The Balaban J connectivity index is 1.24. The van der Waals surface area contributed by atoms with Crippen LogP contribution in [0.4, 0.5) is 0 Å². The van der Waals surface area contributed by atoms with Gasteiger partial charge in [0.05, 0.1) is 11.4 Å². The lowest BCUT2D eigenvalue weighted by atomic mass is 9.95. The normalized spacial score (nSPS) is 23.7. The Kier molecular flexibility index (Phi) is 7.53. The highest BCUT2D eigenvalue weighted by Crippen LogP contribution is 2.29. The summed E-state index contributed by atoms with van der Waals surface area (Å²) in [7, 11) is -4.00. The molecule has 0 aromatic heterocycles. The van der Waals surface area contributed by atoms with E-state index in [-0.39, 0.29) is 35.9 Å². The number of rotatable bonds is 5. The molecule has 2 bridgehead atoms. The summed E-state index contributed by atoms with van der Waals surface area (Å²) < 4.78 is 28.8. The third-order valence-corrected chi connectivity index (χ3v) is 9.48. The zero-order chi connectivity index (χ0) is 27.9. The van der Waals surface area contributed by atoms with Crippen LogP contribution in [0.5, 0.6) is 0 Å². The number of sulfonamides is 1. The van der Waals surface area contributed by atoms with Crippen molar-refractivity contribution in [2.75, 3.05) is 32.7 Å². The van der Waals surface area contributed by atoms with Crippen molar-refractivity contribution in [3.8, 4) is 0 Å². The zero-order valence-corrected chi connectivity index (χ0v) is 22.8. The van der Waals surface area contributed by atoms with Gasteiger partial charge in [-0.1, -0.05) is 23.7 Å². The van der Waals surface area contributed by atoms with Crippen molar-refractivity contribution in [2.24, 2.45) is 11.7 Å². The topological polar surface area (TPSA) is 150 Å². The molecule has 4 aliphatic rings. The van der Waals surface area contributed by atoms with Crippen LogP contribution < -0.4 is 10.5 Å². The largest absolute Gasteiger partial charge is 0.361 e. The summed E-state index contributed by atoms with van der Waals surface area (Å²) >= 11 is 6.02. The van der Waals surface area contributed by atoms with Gasteiger partial charge in [0.15, 0.2) is 0 Å². The minimum absolute atomic E-state index is 0.0191. The van der Waals surface area contributed by atoms with Crippen molar-refractivity contribution in [3.63, 3.8) is 0 Å².